The molecule has 1 atom stereocenters. The first-order chi connectivity index (χ1) is 10.2. The van der Waals surface area contributed by atoms with Crippen LogP contribution in [0.4, 0.5) is 0 Å². The van der Waals surface area contributed by atoms with Crippen molar-refractivity contribution in [2.75, 3.05) is 26.7 Å². The fourth-order valence-electron chi connectivity index (χ4n) is 2.68. The van der Waals surface area contributed by atoms with Crippen molar-refractivity contribution in [2.24, 2.45) is 0 Å². The number of nitrogens with zero attached hydrogens (tertiary/aromatic N) is 2. The Bertz CT molecular complexity index is 441. The van der Waals surface area contributed by atoms with Gasteiger partial charge in [0, 0.05) is 25.3 Å². The number of esters is 1. The lowest BCUT2D eigenvalue weighted by molar-refractivity contribution is 0.0600. The van der Waals surface area contributed by atoms with E-state index in [2.05, 4.69) is 26.9 Å². The smallest absolute Gasteiger partial charge is 0.339 e. The number of carbonyl (C=O) groups excluding carboxylic acids is 1. The zero-order chi connectivity index (χ0) is 15.1. The van der Waals surface area contributed by atoms with Crippen LogP contribution in [-0.2, 0) is 11.3 Å². The fraction of sp³-hybridized carbons (Fsp3) is 0.625. The van der Waals surface area contributed by atoms with Crippen molar-refractivity contribution in [2.45, 2.75) is 38.8 Å². The Balaban J connectivity index is 1.89. The predicted molar refractivity (Wildman–Crippen MR) is 82.2 cm³/mol. The summed E-state index contributed by atoms with van der Waals surface area (Å²) >= 11 is 0. The molecular formula is C16H25N3O2. The van der Waals surface area contributed by atoms with Crippen molar-refractivity contribution in [3.63, 3.8) is 0 Å². The van der Waals surface area contributed by atoms with Crippen LogP contribution in [-0.4, -0.2) is 48.6 Å². The van der Waals surface area contributed by atoms with Crippen LogP contribution < -0.4 is 5.32 Å². The molecule has 2 heterocycles. The second-order valence-corrected chi connectivity index (χ2v) is 5.50. The van der Waals surface area contributed by atoms with Gasteiger partial charge in [-0.15, -0.1) is 0 Å². The Hall–Kier alpha value is -1.46. The summed E-state index contributed by atoms with van der Waals surface area (Å²) in [6.07, 6.45) is 5.46. The molecule has 1 aliphatic heterocycles. The number of hydrogen-bond donors (Lipinski definition) is 1. The highest BCUT2D eigenvalue weighted by Crippen LogP contribution is 2.11. The average Bonchev–Trinajstić information content (AvgIpc) is 2.55. The summed E-state index contributed by atoms with van der Waals surface area (Å²) in [5, 5.41) is 3.58. The summed E-state index contributed by atoms with van der Waals surface area (Å²) in [7, 11) is 1.38. The van der Waals surface area contributed by atoms with E-state index in [4.69, 9.17) is 0 Å². The molecule has 1 aliphatic rings. The van der Waals surface area contributed by atoms with Crippen LogP contribution in [0.3, 0.4) is 0 Å². The van der Waals surface area contributed by atoms with Gasteiger partial charge in [-0.2, -0.15) is 0 Å². The SMILES string of the molecule is CCN(Cc1ccc(C(=O)OC)cn1)CC1CCCCN1. The Morgan fingerprint density at radius 1 is 1.48 bits per heavy atom. The van der Waals surface area contributed by atoms with E-state index >= 15 is 0 Å². The summed E-state index contributed by atoms with van der Waals surface area (Å²) in [6.45, 7) is 6.17. The lowest BCUT2D eigenvalue weighted by Crippen LogP contribution is -2.43. The highest BCUT2D eigenvalue weighted by molar-refractivity contribution is 5.88. The Kier molecular flexibility index (Phi) is 6.14. The number of pyridine rings is 1. The van der Waals surface area contributed by atoms with Crippen molar-refractivity contribution in [3.05, 3.63) is 29.6 Å². The minimum Gasteiger partial charge on any atom is -0.465 e. The van der Waals surface area contributed by atoms with Crippen LogP contribution in [0.15, 0.2) is 18.3 Å². The van der Waals surface area contributed by atoms with Crippen LogP contribution in [0.25, 0.3) is 0 Å². The molecule has 1 N–H and O–H groups in total. The number of carbonyl (C=O) groups is 1. The van der Waals surface area contributed by atoms with Gasteiger partial charge in [0.15, 0.2) is 0 Å². The van der Waals surface area contributed by atoms with E-state index < -0.39 is 0 Å². The first kappa shape index (κ1) is 15.9. The predicted octanol–water partition coefficient (Wildman–Crippen LogP) is 1.83. The molecule has 0 bridgehead atoms. The Morgan fingerprint density at radius 3 is 2.90 bits per heavy atom. The molecule has 0 amide bonds. The summed E-state index contributed by atoms with van der Waals surface area (Å²) < 4.78 is 4.68. The fourth-order valence-corrected chi connectivity index (χ4v) is 2.68. The summed E-state index contributed by atoms with van der Waals surface area (Å²) in [5.41, 5.74) is 1.48. The topological polar surface area (TPSA) is 54.5 Å². The van der Waals surface area contributed by atoms with E-state index in [-0.39, 0.29) is 5.97 Å². The standard InChI is InChI=1S/C16H25N3O2/c1-3-19(11-14-6-4-5-9-17-14)12-15-8-7-13(10-18-15)16(20)21-2/h7-8,10,14,17H,3-6,9,11-12H2,1-2H3. The molecule has 1 aromatic heterocycles. The number of piperidine rings is 1. The average molecular weight is 291 g/mol. The van der Waals surface area contributed by atoms with Gasteiger partial charge in [-0.1, -0.05) is 13.3 Å². The lowest BCUT2D eigenvalue weighted by Gasteiger charge is -2.29. The molecule has 1 unspecified atom stereocenters. The number of likely N-dealkylation sites (N-methyl/N-ethyl adjacent to an activating group) is 1. The van der Waals surface area contributed by atoms with Crippen LogP contribution in [0.5, 0.6) is 0 Å². The van der Waals surface area contributed by atoms with E-state index in [9.17, 15) is 4.79 Å². The second-order valence-electron chi connectivity index (χ2n) is 5.50. The normalized spacial score (nSPS) is 18.7. The molecule has 21 heavy (non-hydrogen) atoms. The van der Waals surface area contributed by atoms with Gasteiger partial charge in [-0.25, -0.2) is 4.79 Å². The van der Waals surface area contributed by atoms with E-state index in [0.717, 1.165) is 31.9 Å². The number of nitrogens with one attached hydrogen (secondary N) is 1. The highest BCUT2D eigenvalue weighted by atomic mass is 16.5. The van der Waals surface area contributed by atoms with E-state index in [1.807, 2.05) is 6.07 Å². The minimum absolute atomic E-state index is 0.340. The van der Waals surface area contributed by atoms with Crippen molar-refractivity contribution in [1.82, 2.24) is 15.2 Å². The number of methoxy groups -OCH3 is 1. The molecule has 1 aromatic rings. The van der Waals surface area contributed by atoms with E-state index in [1.54, 1.807) is 12.3 Å². The Labute approximate surface area is 126 Å². The molecule has 5 nitrogen and oxygen atoms in total. The quantitative estimate of drug-likeness (QED) is 0.810. The third kappa shape index (κ3) is 4.79. The van der Waals surface area contributed by atoms with Gasteiger partial charge in [0.2, 0.25) is 0 Å². The lowest BCUT2D eigenvalue weighted by atomic mass is 10.0. The maximum absolute atomic E-state index is 11.4. The van der Waals surface area contributed by atoms with Crippen molar-refractivity contribution < 1.29 is 9.53 Å². The number of aromatic nitrogens is 1. The van der Waals surface area contributed by atoms with Crippen LogP contribution >= 0.6 is 0 Å². The highest BCUT2D eigenvalue weighted by Gasteiger charge is 2.16. The van der Waals surface area contributed by atoms with Gasteiger partial charge < -0.3 is 10.1 Å². The van der Waals surface area contributed by atoms with Crippen molar-refractivity contribution in [3.8, 4) is 0 Å². The van der Waals surface area contributed by atoms with Gasteiger partial charge in [0.25, 0.3) is 0 Å². The molecule has 1 saturated heterocycles. The summed E-state index contributed by atoms with van der Waals surface area (Å²) in [6, 6.07) is 4.28. The van der Waals surface area contributed by atoms with E-state index in [1.165, 1.54) is 26.4 Å². The van der Waals surface area contributed by atoms with Gasteiger partial charge in [-0.05, 0) is 38.1 Å². The zero-order valence-corrected chi connectivity index (χ0v) is 13.0. The first-order valence-corrected chi connectivity index (χ1v) is 7.72. The molecule has 0 aromatic carbocycles. The van der Waals surface area contributed by atoms with Gasteiger partial charge in [0.1, 0.15) is 0 Å². The van der Waals surface area contributed by atoms with Crippen LogP contribution in [0.2, 0.25) is 0 Å². The molecule has 0 spiro atoms. The molecule has 116 valence electrons. The Morgan fingerprint density at radius 2 is 2.33 bits per heavy atom. The summed E-state index contributed by atoms with van der Waals surface area (Å²) in [5.74, 6) is -0.340. The third-order valence-corrected chi connectivity index (χ3v) is 3.97. The number of rotatable bonds is 6. The number of ether oxygens (including phenoxy) is 1. The van der Waals surface area contributed by atoms with Crippen LogP contribution in [0, 0.1) is 0 Å². The molecule has 1 fully saturated rings. The second kappa shape index (κ2) is 8.10. The third-order valence-electron chi connectivity index (χ3n) is 3.97. The zero-order valence-electron chi connectivity index (χ0n) is 13.0. The molecule has 5 heteroatoms. The van der Waals surface area contributed by atoms with Gasteiger partial charge in [-0.3, -0.25) is 9.88 Å². The van der Waals surface area contributed by atoms with Crippen molar-refractivity contribution in [1.29, 1.82) is 0 Å². The van der Waals surface area contributed by atoms with Crippen LogP contribution in [0.1, 0.15) is 42.2 Å². The van der Waals surface area contributed by atoms with Gasteiger partial charge in [0.05, 0.1) is 18.4 Å². The minimum atomic E-state index is -0.340. The van der Waals surface area contributed by atoms with Gasteiger partial charge >= 0.3 is 5.97 Å². The first-order valence-electron chi connectivity index (χ1n) is 7.72. The molecular weight excluding hydrogens is 266 g/mol. The largest absolute Gasteiger partial charge is 0.465 e. The molecule has 2 rings (SSSR count). The molecule has 0 radical (unpaired) electrons. The van der Waals surface area contributed by atoms with Crippen molar-refractivity contribution >= 4 is 5.97 Å². The molecule has 0 aliphatic carbocycles. The maximum Gasteiger partial charge on any atom is 0.339 e. The number of hydrogen-bond acceptors (Lipinski definition) is 5. The molecule has 0 saturated carbocycles. The monoisotopic (exact) mass is 291 g/mol. The van der Waals surface area contributed by atoms with E-state index in [0.29, 0.717) is 11.6 Å². The summed E-state index contributed by atoms with van der Waals surface area (Å²) in [4.78, 5) is 18.1. The maximum atomic E-state index is 11.4.